The normalized spacial score (nSPS) is 17.1. The third-order valence-electron chi connectivity index (χ3n) is 7.48. The van der Waals surface area contributed by atoms with Gasteiger partial charge < -0.3 is 58.7 Å². The van der Waals surface area contributed by atoms with Crippen molar-refractivity contribution in [2.75, 3.05) is 13.1 Å². The molecule has 13 N–H and O–H groups in total. The summed E-state index contributed by atoms with van der Waals surface area (Å²) in [6.45, 7) is 4.93. The minimum absolute atomic E-state index is 0.0136. The van der Waals surface area contributed by atoms with E-state index in [2.05, 4.69) is 26.3 Å². The Hall–Kier alpha value is -5.01. The van der Waals surface area contributed by atoms with Crippen molar-refractivity contribution >= 4 is 53.4 Å². The fourth-order valence-corrected chi connectivity index (χ4v) is 4.99. The number of carbonyl (C=O) groups excluding carboxylic acids is 5. The molecule has 0 spiro atoms. The summed E-state index contributed by atoms with van der Waals surface area (Å²) in [7, 11) is 0. The van der Waals surface area contributed by atoms with E-state index in [1.54, 1.807) is 13.8 Å². The van der Waals surface area contributed by atoms with Crippen molar-refractivity contribution in [1.82, 2.24) is 26.2 Å². The summed E-state index contributed by atoms with van der Waals surface area (Å²) < 4.78 is 0. The van der Waals surface area contributed by atoms with Gasteiger partial charge in [0.25, 0.3) is 0 Å². The molecule has 1 aliphatic heterocycles. The van der Waals surface area contributed by atoms with Crippen molar-refractivity contribution in [3.05, 3.63) is 0 Å². The van der Waals surface area contributed by atoms with Gasteiger partial charge in [0.15, 0.2) is 5.96 Å². The summed E-state index contributed by atoms with van der Waals surface area (Å²) in [5.41, 5.74) is 16.5. The number of carbonyl (C=O) groups is 8. The Morgan fingerprint density at radius 3 is 1.94 bits per heavy atom. The van der Waals surface area contributed by atoms with Crippen LogP contribution in [0.25, 0.3) is 0 Å². The number of aliphatic carboxylic acids is 3. The Morgan fingerprint density at radius 2 is 1.39 bits per heavy atom. The van der Waals surface area contributed by atoms with Crippen molar-refractivity contribution in [2.24, 2.45) is 28.1 Å². The number of nitrogens with one attached hydrogen (secondary N) is 4. The minimum atomic E-state index is -1.45. The van der Waals surface area contributed by atoms with Crippen LogP contribution in [0.1, 0.15) is 72.1 Å². The van der Waals surface area contributed by atoms with Gasteiger partial charge in [0.1, 0.15) is 30.2 Å². The number of nitrogens with zero attached hydrogens (tertiary/aromatic N) is 2. The predicted molar refractivity (Wildman–Crippen MR) is 172 cm³/mol. The lowest BCUT2D eigenvalue weighted by atomic mass is 10.0. The minimum Gasteiger partial charge on any atom is -0.481 e. The number of carboxylic acids is 3. The van der Waals surface area contributed by atoms with Gasteiger partial charge in [0.2, 0.25) is 29.5 Å². The largest absolute Gasteiger partial charge is 0.481 e. The van der Waals surface area contributed by atoms with Crippen LogP contribution in [0.3, 0.4) is 0 Å². The molecule has 20 heteroatoms. The van der Waals surface area contributed by atoms with Gasteiger partial charge in [-0.2, -0.15) is 0 Å². The molecule has 1 saturated heterocycles. The first-order chi connectivity index (χ1) is 22.8. The molecular formula is C29H49N9O11. The Morgan fingerprint density at radius 1 is 0.816 bits per heavy atom. The number of hydrogen-bond acceptors (Lipinski definition) is 10. The van der Waals surface area contributed by atoms with E-state index < -0.39 is 96.5 Å². The number of guanidine groups is 1. The number of nitrogens with two attached hydrogens (primary N) is 3. The van der Waals surface area contributed by atoms with E-state index in [0.717, 1.165) is 0 Å². The van der Waals surface area contributed by atoms with Crippen LogP contribution in [0.5, 0.6) is 0 Å². The molecule has 0 aromatic carbocycles. The van der Waals surface area contributed by atoms with E-state index in [0.29, 0.717) is 6.42 Å². The van der Waals surface area contributed by atoms with Crippen molar-refractivity contribution < 1.29 is 53.7 Å². The molecule has 1 rings (SSSR count). The second-order valence-electron chi connectivity index (χ2n) is 12.2. The first kappa shape index (κ1) is 42.0. The van der Waals surface area contributed by atoms with Gasteiger partial charge in [-0.15, -0.1) is 0 Å². The molecule has 49 heavy (non-hydrogen) atoms. The summed E-state index contributed by atoms with van der Waals surface area (Å²) >= 11 is 0. The Kier molecular flexibility index (Phi) is 17.5. The average Bonchev–Trinajstić information content (AvgIpc) is 3.49. The van der Waals surface area contributed by atoms with Crippen molar-refractivity contribution in [2.45, 2.75) is 108 Å². The van der Waals surface area contributed by atoms with Gasteiger partial charge >= 0.3 is 17.9 Å². The Labute approximate surface area is 283 Å². The molecule has 20 nitrogen and oxygen atoms in total. The quantitative estimate of drug-likeness (QED) is 0.0320. The monoisotopic (exact) mass is 699 g/mol. The molecule has 1 aliphatic rings. The highest BCUT2D eigenvalue weighted by atomic mass is 16.4. The summed E-state index contributed by atoms with van der Waals surface area (Å²) in [6.07, 6.45) is -0.673. The van der Waals surface area contributed by atoms with Gasteiger partial charge in [0.05, 0.1) is 12.5 Å². The number of aliphatic imine (C=N–C) groups is 1. The second-order valence-corrected chi connectivity index (χ2v) is 12.2. The van der Waals surface area contributed by atoms with Crippen LogP contribution >= 0.6 is 0 Å². The molecule has 0 unspecified atom stereocenters. The fraction of sp³-hybridized carbons (Fsp3) is 0.690. The zero-order chi connectivity index (χ0) is 37.4. The highest BCUT2D eigenvalue weighted by Crippen LogP contribution is 2.19. The van der Waals surface area contributed by atoms with Crippen molar-refractivity contribution in [3.8, 4) is 0 Å². The second kappa shape index (κ2) is 20.4. The third-order valence-corrected chi connectivity index (χ3v) is 7.48. The highest BCUT2D eigenvalue weighted by Gasteiger charge is 2.38. The number of amides is 5. The molecule has 0 bridgehead atoms. The van der Waals surface area contributed by atoms with Crippen LogP contribution in [-0.4, -0.2) is 123 Å². The maximum atomic E-state index is 13.6. The van der Waals surface area contributed by atoms with Crippen LogP contribution < -0.4 is 38.5 Å². The molecule has 276 valence electrons. The van der Waals surface area contributed by atoms with Crippen LogP contribution in [0.4, 0.5) is 0 Å². The van der Waals surface area contributed by atoms with Crippen LogP contribution in [0.2, 0.25) is 0 Å². The number of rotatable bonds is 21. The topological polar surface area (TPSA) is 339 Å². The lowest BCUT2D eigenvalue weighted by Gasteiger charge is -2.29. The SMILES string of the molecule is CC(C)C[C@H](NC(=O)[C@H](CCCN=C(N)N)NC(=O)[C@@H]1CCCN1C(=O)[C@@H](N)CC(=O)O)C(=O)N[C@@H](CCC(=O)O)C(=O)N[C@@H](C)C(=O)O. The van der Waals surface area contributed by atoms with E-state index in [4.69, 9.17) is 32.5 Å². The molecule has 0 radical (unpaired) electrons. The molecule has 0 saturated carbocycles. The maximum absolute atomic E-state index is 13.6. The maximum Gasteiger partial charge on any atom is 0.325 e. The van der Waals surface area contributed by atoms with E-state index in [9.17, 15) is 38.4 Å². The molecule has 0 aliphatic carbocycles. The zero-order valence-electron chi connectivity index (χ0n) is 27.8. The van der Waals surface area contributed by atoms with Gasteiger partial charge in [-0.25, -0.2) is 0 Å². The molecular weight excluding hydrogens is 650 g/mol. The van der Waals surface area contributed by atoms with Gasteiger partial charge in [-0.1, -0.05) is 13.8 Å². The average molecular weight is 700 g/mol. The number of hydrogen-bond donors (Lipinski definition) is 10. The third kappa shape index (κ3) is 15.2. The molecule has 1 fully saturated rings. The van der Waals surface area contributed by atoms with Crippen LogP contribution in [-0.2, 0) is 38.4 Å². The van der Waals surface area contributed by atoms with Crippen molar-refractivity contribution in [1.29, 1.82) is 0 Å². The van der Waals surface area contributed by atoms with Crippen LogP contribution in [0, 0.1) is 5.92 Å². The Bertz CT molecular complexity index is 1260. The van der Waals surface area contributed by atoms with Crippen LogP contribution in [0.15, 0.2) is 4.99 Å². The molecule has 6 atom stereocenters. The van der Waals surface area contributed by atoms with E-state index in [1.165, 1.54) is 11.8 Å². The lowest BCUT2D eigenvalue weighted by molar-refractivity contribution is -0.144. The Balaban J connectivity index is 3.24. The van der Waals surface area contributed by atoms with Gasteiger partial charge in [-0.3, -0.25) is 43.3 Å². The van der Waals surface area contributed by atoms with E-state index >= 15 is 0 Å². The first-order valence-electron chi connectivity index (χ1n) is 15.8. The van der Waals surface area contributed by atoms with Crippen molar-refractivity contribution in [3.63, 3.8) is 0 Å². The summed E-state index contributed by atoms with van der Waals surface area (Å²) in [6, 6.07) is -7.77. The molecule has 1 heterocycles. The van der Waals surface area contributed by atoms with E-state index in [-0.39, 0.29) is 57.1 Å². The predicted octanol–water partition coefficient (Wildman–Crippen LogP) is -3.21. The summed E-state index contributed by atoms with van der Waals surface area (Å²) in [5.74, 6) is -8.35. The van der Waals surface area contributed by atoms with Gasteiger partial charge in [0, 0.05) is 19.5 Å². The van der Waals surface area contributed by atoms with E-state index in [1.807, 2.05) is 0 Å². The number of carboxylic acid groups (broad SMARTS) is 3. The molecule has 0 aromatic heterocycles. The molecule has 0 aromatic rings. The molecule has 5 amide bonds. The number of likely N-dealkylation sites (tertiary alicyclic amines) is 1. The lowest BCUT2D eigenvalue weighted by Crippen LogP contribution is -2.59. The van der Waals surface area contributed by atoms with Gasteiger partial charge in [-0.05, 0) is 51.4 Å². The summed E-state index contributed by atoms with van der Waals surface area (Å²) in [4.78, 5) is 105. The highest BCUT2D eigenvalue weighted by molar-refractivity contribution is 5.97. The summed E-state index contributed by atoms with van der Waals surface area (Å²) in [5, 5.41) is 37.1. The first-order valence-corrected chi connectivity index (χ1v) is 15.8. The fourth-order valence-electron chi connectivity index (χ4n) is 4.99. The standard InChI is InChI=1S/C29H49N9O11/c1-14(2)12-19(25(45)35-18(8-9-21(39)40)23(43)34-15(3)28(48)49)37-24(44)17(6-4-10-33-29(31)32)36-26(46)20-7-5-11-38(20)27(47)16(30)13-22(41)42/h14-20H,4-13,30H2,1-3H3,(H,34,43)(H,35,45)(H,36,46)(H,37,44)(H,39,40)(H,41,42)(H,48,49)(H4,31,32,33)/t15-,16-,17-,18-,19-,20-/m0/s1. The zero-order valence-corrected chi connectivity index (χ0v) is 27.8. The smallest absolute Gasteiger partial charge is 0.325 e.